The fourth-order valence-electron chi connectivity index (χ4n) is 2.09. The van der Waals surface area contributed by atoms with Crippen LogP contribution in [0.4, 0.5) is 0 Å². The Morgan fingerprint density at radius 1 is 1.37 bits per heavy atom. The standard InChI is InChI=1S/C12H21N3O3S/c1-8(9(16)15(2)3)14-11(17)12(10(13)19)4-6-18-7-5-12/h8H,4-7H2,1-3H3,(H2,13,19)(H,14,17). The van der Waals surface area contributed by atoms with E-state index in [0.717, 1.165) is 0 Å². The number of thiocarbonyl (C=S) groups is 1. The van der Waals surface area contributed by atoms with Crippen LogP contribution in [0.25, 0.3) is 0 Å². The zero-order valence-electron chi connectivity index (χ0n) is 11.6. The quantitative estimate of drug-likeness (QED) is 0.691. The Hall–Kier alpha value is -1.21. The SMILES string of the molecule is CC(NC(=O)C1(C(N)=S)CCOCC1)C(=O)N(C)C. The highest BCUT2D eigenvalue weighted by Gasteiger charge is 2.43. The zero-order chi connectivity index (χ0) is 14.6. The van der Waals surface area contributed by atoms with Gasteiger partial charge in [0.2, 0.25) is 11.8 Å². The zero-order valence-corrected chi connectivity index (χ0v) is 12.4. The third kappa shape index (κ3) is 3.42. The summed E-state index contributed by atoms with van der Waals surface area (Å²) in [6.07, 6.45) is 0.911. The molecule has 0 aromatic rings. The summed E-state index contributed by atoms with van der Waals surface area (Å²) in [5.74, 6) is -0.454. The molecule has 0 saturated carbocycles. The summed E-state index contributed by atoms with van der Waals surface area (Å²) in [6, 6.07) is -0.600. The lowest BCUT2D eigenvalue weighted by molar-refractivity contribution is -0.138. The lowest BCUT2D eigenvalue weighted by Gasteiger charge is -2.35. The molecule has 2 amide bonds. The number of ether oxygens (including phenoxy) is 1. The minimum Gasteiger partial charge on any atom is -0.392 e. The molecular formula is C12H21N3O3S. The number of amides is 2. The monoisotopic (exact) mass is 287 g/mol. The smallest absolute Gasteiger partial charge is 0.244 e. The molecule has 1 saturated heterocycles. The Morgan fingerprint density at radius 2 is 1.89 bits per heavy atom. The molecule has 19 heavy (non-hydrogen) atoms. The van der Waals surface area contributed by atoms with Gasteiger partial charge in [0.15, 0.2) is 0 Å². The topological polar surface area (TPSA) is 84.7 Å². The van der Waals surface area contributed by atoms with Crippen molar-refractivity contribution >= 4 is 29.0 Å². The molecule has 108 valence electrons. The lowest BCUT2D eigenvalue weighted by Crippen LogP contribution is -2.55. The van der Waals surface area contributed by atoms with Gasteiger partial charge < -0.3 is 20.7 Å². The van der Waals surface area contributed by atoms with Crippen molar-refractivity contribution in [3.63, 3.8) is 0 Å². The average molecular weight is 287 g/mol. The molecule has 0 aromatic carbocycles. The molecule has 3 N–H and O–H groups in total. The minimum absolute atomic E-state index is 0.165. The number of carbonyl (C=O) groups excluding carboxylic acids is 2. The molecular weight excluding hydrogens is 266 g/mol. The highest BCUT2D eigenvalue weighted by Crippen LogP contribution is 2.31. The van der Waals surface area contributed by atoms with Crippen molar-refractivity contribution in [1.82, 2.24) is 10.2 Å². The van der Waals surface area contributed by atoms with E-state index in [1.54, 1.807) is 21.0 Å². The lowest BCUT2D eigenvalue weighted by atomic mass is 9.79. The van der Waals surface area contributed by atoms with Crippen molar-refractivity contribution in [2.45, 2.75) is 25.8 Å². The number of nitrogens with two attached hydrogens (primary N) is 1. The van der Waals surface area contributed by atoms with Crippen LogP contribution in [0, 0.1) is 5.41 Å². The second-order valence-corrected chi connectivity index (χ2v) is 5.43. The fourth-order valence-corrected chi connectivity index (χ4v) is 2.39. The van der Waals surface area contributed by atoms with E-state index in [4.69, 9.17) is 22.7 Å². The molecule has 0 spiro atoms. The Labute approximate surface area is 118 Å². The number of hydrogen-bond acceptors (Lipinski definition) is 4. The number of nitrogens with zero attached hydrogens (tertiary/aromatic N) is 1. The highest BCUT2D eigenvalue weighted by atomic mass is 32.1. The Balaban J connectivity index is 2.79. The molecule has 1 unspecified atom stereocenters. The van der Waals surface area contributed by atoms with Gasteiger partial charge in [0.1, 0.15) is 11.5 Å². The first-order valence-electron chi connectivity index (χ1n) is 6.21. The first-order chi connectivity index (χ1) is 8.81. The second kappa shape index (κ2) is 6.29. The van der Waals surface area contributed by atoms with Gasteiger partial charge >= 0.3 is 0 Å². The summed E-state index contributed by atoms with van der Waals surface area (Å²) in [5, 5.41) is 2.70. The Morgan fingerprint density at radius 3 is 2.32 bits per heavy atom. The fraction of sp³-hybridized carbons (Fsp3) is 0.750. The van der Waals surface area contributed by atoms with E-state index >= 15 is 0 Å². The van der Waals surface area contributed by atoms with E-state index in [-0.39, 0.29) is 16.8 Å². The minimum atomic E-state index is -0.894. The van der Waals surface area contributed by atoms with Crippen LogP contribution >= 0.6 is 12.2 Å². The van der Waals surface area contributed by atoms with E-state index in [1.165, 1.54) is 4.90 Å². The Bertz CT molecular complexity index is 378. The maximum absolute atomic E-state index is 12.4. The van der Waals surface area contributed by atoms with Crippen LogP contribution in [0.3, 0.4) is 0 Å². The van der Waals surface area contributed by atoms with E-state index in [9.17, 15) is 9.59 Å². The maximum atomic E-state index is 12.4. The molecule has 0 aromatic heterocycles. The van der Waals surface area contributed by atoms with Crippen molar-refractivity contribution in [2.75, 3.05) is 27.3 Å². The van der Waals surface area contributed by atoms with Crippen molar-refractivity contribution in [3.8, 4) is 0 Å². The van der Waals surface area contributed by atoms with Crippen LogP contribution in [-0.4, -0.2) is 55.1 Å². The van der Waals surface area contributed by atoms with Gasteiger partial charge in [-0.25, -0.2) is 0 Å². The summed E-state index contributed by atoms with van der Waals surface area (Å²) in [5.41, 5.74) is 4.84. The van der Waals surface area contributed by atoms with Gasteiger partial charge in [0, 0.05) is 27.3 Å². The van der Waals surface area contributed by atoms with Gasteiger partial charge in [-0.15, -0.1) is 0 Å². The third-order valence-corrected chi connectivity index (χ3v) is 3.80. The van der Waals surface area contributed by atoms with Crippen molar-refractivity contribution in [1.29, 1.82) is 0 Å². The largest absolute Gasteiger partial charge is 0.392 e. The molecule has 1 atom stereocenters. The van der Waals surface area contributed by atoms with Gasteiger partial charge in [-0.2, -0.15) is 0 Å². The summed E-state index contributed by atoms with van der Waals surface area (Å²) >= 11 is 5.04. The predicted octanol–water partition coefficient (Wildman–Crippen LogP) is -0.338. The van der Waals surface area contributed by atoms with Crippen LogP contribution in [0.15, 0.2) is 0 Å². The first-order valence-corrected chi connectivity index (χ1v) is 6.62. The highest BCUT2D eigenvalue weighted by molar-refractivity contribution is 7.80. The normalized spacial score (nSPS) is 19.3. The predicted molar refractivity (Wildman–Crippen MR) is 75.6 cm³/mol. The molecule has 1 rings (SSSR count). The summed E-state index contributed by atoms with van der Waals surface area (Å²) in [7, 11) is 3.28. The number of carbonyl (C=O) groups is 2. The van der Waals surface area contributed by atoms with Crippen molar-refractivity contribution < 1.29 is 14.3 Å². The molecule has 6 nitrogen and oxygen atoms in total. The third-order valence-electron chi connectivity index (χ3n) is 3.41. The van der Waals surface area contributed by atoms with Gasteiger partial charge in [0.25, 0.3) is 0 Å². The Kier molecular flexibility index (Phi) is 5.25. The molecule has 7 heteroatoms. The summed E-state index contributed by atoms with van der Waals surface area (Å²) in [4.78, 5) is 25.7. The van der Waals surface area contributed by atoms with E-state index in [1.807, 2.05) is 0 Å². The number of likely N-dealkylation sites (N-methyl/N-ethyl adjacent to an activating group) is 1. The molecule has 0 bridgehead atoms. The van der Waals surface area contributed by atoms with Crippen molar-refractivity contribution in [3.05, 3.63) is 0 Å². The molecule has 0 aliphatic carbocycles. The van der Waals surface area contributed by atoms with Gasteiger partial charge in [-0.1, -0.05) is 12.2 Å². The number of nitrogens with one attached hydrogen (secondary N) is 1. The van der Waals surface area contributed by atoms with Crippen LogP contribution in [-0.2, 0) is 14.3 Å². The molecule has 1 aliphatic rings. The van der Waals surface area contributed by atoms with Crippen LogP contribution in [0.5, 0.6) is 0 Å². The van der Waals surface area contributed by atoms with Crippen molar-refractivity contribution in [2.24, 2.45) is 11.1 Å². The van der Waals surface area contributed by atoms with Gasteiger partial charge in [0.05, 0.1) is 4.99 Å². The van der Waals surface area contributed by atoms with E-state index in [0.29, 0.717) is 26.1 Å². The van der Waals surface area contributed by atoms with Crippen LogP contribution < -0.4 is 11.1 Å². The number of hydrogen-bond donors (Lipinski definition) is 2. The summed E-state index contributed by atoms with van der Waals surface area (Å²) in [6.45, 7) is 2.54. The molecule has 1 aliphatic heterocycles. The van der Waals surface area contributed by atoms with Gasteiger partial charge in [-0.05, 0) is 19.8 Å². The molecule has 1 heterocycles. The molecule has 1 fully saturated rings. The maximum Gasteiger partial charge on any atom is 0.244 e. The number of rotatable bonds is 4. The van der Waals surface area contributed by atoms with Crippen LogP contribution in [0.2, 0.25) is 0 Å². The first kappa shape index (κ1) is 15.8. The average Bonchev–Trinajstić information content (AvgIpc) is 2.37. The summed E-state index contributed by atoms with van der Waals surface area (Å²) < 4.78 is 5.25. The molecule has 0 radical (unpaired) electrons. The van der Waals surface area contributed by atoms with Crippen LogP contribution in [0.1, 0.15) is 19.8 Å². The van der Waals surface area contributed by atoms with E-state index < -0.39 is 11.5 Å². The second-order valence-electron chi connectivity index (χ2n) is 4.99. The van der Waals surface area contributed by atoms with E-state index in [2.05, 4.69) is 5.32 Å². The van der Waals surface area contributed by atoms with Gasteiger partial charge in [-0.3, -0.25) is 9.59 Å².